The van der Waals surface area contributed by atoms with E-state index in [4.69, 9.17) is 9.52 Å². The van der Waals surface area contributed by atoms with Crippen LogP contribution in [0, 0.1) is 12.7 Å². The molecule has 1 heterocycles. The van der Waals surface area contributed by atoms with Gasteiger partial charge in [0.05, 0.1) is 5.56 Å². The van der Waals surface area contributed by atoms with Crippen LogP contribution in [-0.2, 0) is 0 Å². The highest BCUT2D eigenvalue weighted by Crippen LogP contribution is 2.28. The van der Waals surface area contributed by atoms with Crippen LogP contribution < -0.4 is 0 Å². The zero-order valence-electron chi connectivity index (χ0n) is 10.6. The molecule has 0 atom stereocenters. The number of hydrogen-bond acceptors (Lipinski definition) is 3. The van der Waals surface area contributed by atoms with E-state index in [-0.39, 0.29) is 17.0 Å². The minimum Gasteiger partial charge on any atom is -0.478 e. The maximum atomic E-state index is 13.3. The fourth-order valence-electron chi connectivity index (χ4n) is 2.06. The SMILES string of the molecule is Cc1ccc(F)cc1-c1nc2c(C(=O)O)cccc2o1. The molecule has 1 N–H and O–H groups in total. The summed E-state index contributed by atoms with van der Waals surface area (Å²) in [6.45, 7) is 1.81. The number of carboxylic acid groups (broad SMARTS) is 1. The van der Waals surface area contributed by atoms with E-state index < -0.39 is 11.8 Å². The quantitative estimate of drug-likeness (QED) is 0.772. The zero-order chi connectivity index (χ0) is 14.3. The van der Waals surface area contributed by atoms with Gasteiger partial charge < -0.3 is 9.52 Å². The monoisotopic (exact) mass is 271 g/mol. The Morgan fingerprint density at radius 1 is 1.30 bits per heavy atom. The number of carbonyl (C=O) groups is 1. The van der Waals surface area contributed by atoms with Crippen molar-refractivity contribution in [3.8, 4) is 11.5 Å². The summed E-state index contributed by atoms with van der Waals surface area (Å²) in [5.74, 6) is -1.26. The summed E-state index contributed by atoms with van der Waals surface area (Å²) in [6, 6.07) is 8.96. The third kappa shape index (κ3) is 1.93. The van der Waals surface area contributed by atoms with Gasteiger partial charge in [-0.3, -0.25) is 0 Å². The van der Waals surface area contributed by atoms with Gasteiger partial charge in [-0.15, -0.1) is 0 Å². The standard InChI is InChI=1S/C15H10FNO3/c1-8-5-6-9(16)7-11(8)14-17-13-10(15(18)19)3-2-4-12(13)20-14/h2-7H,1H3,(H,18,19). The predicted octanol–water partition coefficient (Wildman–Crippen LogP) is 3.64. The van der Waals surface area contributed by atoms with E-state index in [1.807, 2.05) is 6.92 Å². The van der Waals surface area contributed by atoms with E-state index in [1.54, 1.807) is 18.2 Å². The number of benzene rings is 2. The molecular weight excluding hydrogens is 261 g/mol. The van der Waals surface area contributed by atoms with Crippen LogP contribution in [0.5, 0.6) is 0 Å². The Morgan fingerprint density at radius 3 is 2.85 bits per heavy atom. The first-order chi connectivity index (χ1) is 9.56. The van der Waals surface area contributed by atoms with Gasteiger partial charge in [0.25, 0.3) is 0 Å². The van der Waals surface area contributed by atoms with Crippen LogP contribution in [-0.4, -0.2) is 16.1 Å². The van der Waals surface area contributed by atoms with Crippen molar-refractivity contribution in [1.29, 1.82) is 0 Å². The number of fused-ring (bicyclic) bond motifs is 1. The van der Waals surface area contributed by atoms with Crippen molar-refractivity contribution in [2.75, 3.05) is 0 Å². The lowest BCUT2D eigenvalue weighted by molar-refractivity contribution is 0.0699. The molecule has 3 rings (SSSR count). The molecule has 3 aromatic rings. The highest BCUT2D eigenvalue weighted by atomic mass is 19.1. The number of halogens is 1. The number of carboxylic acids is 1. The van der Waals surface area contributed by atoms with Crippen molar-refractivity contribution in [2.24, 2.45) is 0 Å². The van der Waals surface area contributed by atoms with Crippen LogP contribution in [0.15, 0.2) is 40.8 Å². The fourth-order valence-corrected chi connectivity index (χ4v) is 2.06. The van der Waals surface area contributed by atoms with Gasteiger partial charge in [0.1, 0.15) is 11.3 Å². The number of oxazole rings is 1. The number of nitrogens with zero attached hydrogens (tertiary/aromatic N) is 1. The lowest BCUT2D eigenvalue weighted by Gasteiger charge is -2.00. The lowest BCUT2D eigenvalue weighted by Crippen LogP contribution is -1.96. The maximum Gasteiger partial charge on any atom is 0.338 e. The normalized spacial score (nSPS) is 10.9. The Kier molecular flexibility index (Phi) is 2.75. The topological polar surface area (TPSA) is 63.3 Å². The molecule has 0 radical (unpaired) electrons. The Morgan fingerprint density at radius 2 is 2.10 bits per heavy atom. The van der Waals surface area contributed by atoms with Crippen molar-refractivity contribution in [2.45, 2.75) is 6.92 Å². The van der Waals surface area contributed by atoms with Crippen molar-refractivity contribution in [1.82, 2.24) is 4.98 Å². The van der Waals surface area contributed by atoms with Crippen LogP contribution >= 0.6 is 0 Å². The molecule has 0 amide bonds. The van der Waals surface area contributed by atoms with Gasteiger partial charge in [-0.2, -0.15) is 0 Å². The van der Waals surface area contributed by atoms with Gasteiger partial charge in [-0.25, -0.2) is 14.2 Å². The van der Waals surface area contributed by atoms with E-state index >= 15 is 0 Å². The summed E-state index contributed by atoms with van der Waals surface area (Å²) in [5, 5.41) is 9.12. The van der Waals surface area contributed by atoms with Crippen LogP contribution in [0.25, 0.3) is 22.6 Å². The summed E-state index contributed by atoms with van der Waals surface area (Å²) >= 11 is 0. The molecule has 0 unspecified atom stereocenters. The molecule has 0 aliphatic heterocycles. The van der Waals surface area contributed by atoms with Gasteiger partial charge in [0.15, 0.2) is 5.58 Å². The molecule has 0 saturated heterocycles. The smallest absolute Gasteiger partial charge is 0.338 e. The molecule has 0 aliphatic rings. The third-order valence-electron chi connectivity index (χ3n) is 3.08. The van der Waals surface area contributed by atoms with Crippen molar-refractivity contribution in [3.05, 3.63) is 53.3 Å². The Hall–Kier alpha value is -2.69. The van der Waals surface area contributed by atoms with E-state index in [2.05, 4.69) is 4.98 Å². The highest BCUT2D eigenvalue weighted by molar-refractivity contribution is 6.00. The second-order valence-corrected chi connectivity index (χ2v) is 4.44. The van der Waals surface area contributed by atoms with Crippen LogP contribution in [0.4, 0.5) is 4.39 Å². The maximum absolute atomic E-state index is 13.3. The molecule has 1 aromatic heterocycles. The molecule has 0 fully saturated rings. The summed E-state index contributed by atoms with van der Waals surface area (Å²) < 4.78 is 18.9. The fraction of sp³-hybridized carbons (Fsp3) is 0.0667. The average molecular weight is 271 g/mol. The molecule has 0 spiro atoms. The van der Waals surface area contributed by atoms with E-state index in [0.717, 1.165) is 5.56 Å². The lowest BCUT2D eigenvalue weighted by atomic mass is 10.1. The third-order valence-corrected chi connectivity index (χ3v) is 3.08. The second-order valence-electron chi connectivity index (χ2n) is 4.44. The molecule has 100 valence electrons. The average Bonchev–Trinajstić information content (AvgIpc) is 2.84. The van der Waals surface area contributed by atoms with Gasteiger partial charge in [-0.05, 0) is 36.8 Å². The van der Waals surface area contributed by atoms with E-state index in [9.17, 15) is 9.18 Å². The van der Waals surface area contributed by atoms with E-state index in [1.165, 1.54) is 18.2 Å². The molecule has 0 aliphatic carbocycles. The van der Waals surface area contributed by atoms with Gasteiger partial charge in [0, 0.05) is 5.56 Å². The second kappa shape index (κ2) is 4.45. The van der Waals surface area contributed by atoms with E-state index in [0.29, 0.717) is 11.1 Å². The first kappa shape index (κ1) is 12.3. The van der Waals surface area contributed by atoms with Crippen LogP contribution in [0.2, 0.25) is 0 Å². The predicted molar refractivity (Wildman–Crippen MR) is 71.1 cm³/mol. The number of aryl methyl sites for hydroxylation is 1. The molecule has 4 nitrogen and oxygen atoms in total. The molecule has 5 heteroatoms. The van der Waals surface area contributed by atoms with Gasteiger partial charge in [0.2, 0.25) is 5.89 Å². The Labute approximate surface area is 113 Å². The largest absolute Gasteiger partial charge is 0.478 e. The molecule has 0 bridgehead atoms. The molecule has 2 aromatic carbocycles. The van der Waals surface area contributed by atoms with Gasteiger partial charge in [-0.1, -0.05) is 12.1 Å². The van der Waals surface area contributed by atoms with Crippen LogP contribution in [0.3, 0.4) is 0 Å². The zero-order valence-corrected chi connectivity index (χ0v) is 10.6. The highest BCUT2D eigenvalue weighted by Gasteiger charge is 2.16. The van der Waals surface area contributed by atoms with Crippen molar-refractivity contribution < 1.29 is 18.7 Å². The molecular formula is C15H10FNO3. The Balaban J connectivity index is 2.26. The summed E-state index contributed by atoms with van der Waals surface area (Å²) in [7, 11) is 0. The Bertz CT molecular complexity index is 823. The minimum atomic E-state index is -1.08. The first-order valence-electron chi connectivity index (χ1n) is 5.95. The number of aromatic carboxylic acids is 1. The first-order valence-corrected chi connectivity index (χ1v) is 5.95. The summed E-state index contributed by atoms with van der Waals surface area (Å²) in [5.41, 5.74) is 2.00. The number of hydrogen-bond donors (Lipinski definition) is 1. The van der Waals surface area contributed by atoms with Crippen molar-refractivity contribution >= 4 is 17.1 Å². The minimum absolute atomic E-state index is 0.0616. The number of rotatable bonds is 2. The summed E-state index contributed by atoms with van der Waals surface area (Å²) in [6.07, 6.45) is 0. The molecule has 20 heavy (non-hydrogen) atoms. The summed E-state index contributed by atoms with van der Waals surface area (Å²) in [4.78, 5) is 15.3. The van der Waals surface area contributed by atoms with Crippen molar-refractivity contribution in [3.63, 3.8) is 0 Å². The number of para-hydroxylation sites is 1. The number of aromatic nitrogens is 1. The van der Waals surface area contributed by atoms with Crippen LogP contribution in [0.1, 0.15) is 15.9 Å². The van der Waals surface area contributed by atoms with Gasteiger partial charge >= 0.3 is 5.97 Å². The molecule has 0 saturated carbocycles.